The molecule has 1 atom stereocenters. The smallest absolute Gasteiger partial charge is 0.208 e. The number of benzene rings is 1. The first-order valence-corrected chi connectivity index (χ1v) is 8.48. The number of aromatic nitrogens is 1. The second-order valence-corrected chi connectivity index (χ2v) is 6.36. The molecule has 1 aliphatic heterocycles. The monoisotopic (exact) mass is 314 g/mol. The topological polar surface area (TPSA) is 38.5 Å². The van der Waals surface area contributed by atoms with Gasteiger partial charge < -0.3 is 9.15 Å². The van der Waals surface area contributed by atoms with Crippen molar-refractivity contribution in [2.24, 2.45) is 0 Å². The van der Waals surface area contributed by atoms with Gasteiger partial charge in [-0.05, 0) is 50.9 Å². The standard InChI is InChI=1S/C19H26N2O2/c1-14-15(2)23-19(20-14)13-21-12-6-4-5-7-18(21)16-8-10-17(22-3)11-9-16/h8-11,18H,4-7,12-13H2,1-3H3/t18-/m1/s1. The Labute approximate surface area is 138 Å². The van der Waals surface area contributed by atoms with Gasteiger partial charge in [0.1, 0.15) is 11.5 Å². The maximum Gasteiger partial charge on any atom is 0.208 e. The fourth-order valence-corrected chi connectivity index (χ4v) is 3.34. The molecule has 0 unspecified atom stereocenters. The van der Waals surface area contributed by atoms with Gasteiger partial charge in [0.2, 0.25) is 5.89 Å². The van der Waals surface area contributed by atoms with E-state index in [1.165, 1.54) is 31.2 Å². The van der Waals surface area contributed by atoms with Crippen LogP contribution >= 0.6 is 0 Å². The Morgan fingerprint density at radius 1 is 1.17 bits per heavy atom. The van der Waals surface area contributed by atoms with Crippen molar-refractivity contribution in [3.8, 4) is 5.75 Å². The molecule has 4 heteroatoms. The molecule has 3 rings (SSSR count). The van der Waals surface area contributed by atoms with Crippen LogP contribution in [0.2, 0.25) is 0 Å². The van der Waals surface area contributed by atoms with Gasteiger partial charge in [-0.1, -0.05) is 25.0 Å². The average Bonchev–Trinajstić information content (AvgIpc) is 2.76. The van der Waals surface area contributed by atoms with Crippen LogP contribution < -0.4 is 4.74 Å². The third-order valence-corrected chi connectivity index (χ3v) is 4.78. The third kappa shape index (κ3) is 3.75. The summed E-state index contributed by atoms with van der Waals surface area (Å²) in [5.41, 5.74) is 2.35. The van der Waals surface area contributed by atoms with E-state index in [0.29, 0.717) is 6.04 Å². The van der Waals surface area contributed by atoms with Gasteiger partial charge in [-0.15, -0.1) is 0 Å². The molecule has 0 amide bonds. The van der Waals surface area contributed by atoms with E-state index in [0.717, 1.165) is 36.2 Å². The predicted octanol–water partition coefficient (Wildman–Crippen LogP) is 4.42. The summed E-state index contributed by atoms with van der Waals surface area (Å²) in [6.45, 7) is 5.86. The maximum absolute atomic E-state index is 5.81. The lowest BCUT2D eigenvalue weighted by molar-refractivity contribution is 0.173. The lowest BCUT2D eigenvalue weighted by atomic mass is 10.0. The normalized spacial score (nSPS) is 19.5. The zero-order chi connectivity index (χ0) is 16.2. The van der Waals surface area contributed by atoms with Crippen molar-refractivity contribution in [2.75, 3.05) is 13.7 Å². The largest absolute Gasteiger partial charge is 0.497 e. The second kappa shape index (κ2) is 7.18. The Morgan fingerprint density at radius 2 is 1.96 bits per heavy atom. The van der Waals surface area contributed by atoms with E-state index in [9.17, 15) is 0 Å². The molecule has 2 aromatic rings. The molecule has 0 spiro atoms. The van der Waals surface area contributed by atoms with Gasteiger partial charge in [0.05, 0.1) is 19.3 Å². The van der Waals surface area contributed by atoms with Crippen LogP contribution in [-0.4, -0.2) is 23.5 Å². The van der Waals surface area contributed by atoms with Crippen LogP contribution in [-0.2, 0) is 6.54 Å². The van der Waals surface area contributed by atoms with Crippen molar-refractivity contribution in [2.45, 2.75) is 52.1 Å². The molecular weight excluding hydrogens is 288 g/mol. The van der Waals surface area contributed by atoms with Crippen molar-refractivity contribution in [3.05, 3.63) is 47.2 Å². The van der Waals surface area contributed by atoms with E-state index in [1.54, 1.807) is 7.11 Å². The molecule has 2 heterocycles. The van der Waals surface area contributed by atoms with Gasteiger partial charge in [0, 0.05) is 6.04 Å². The fraction of sp³-hybridized carbons (Fsp3) is 0.526. The first-order chi connectivity index (χ1) is 11.2. The first-order valence-electron chi connectivity index (χ1n) is 8.48. The molecule has 1 fully saturated rings. The first kappa shape index (κ1) is 16.1. The molecule has 23 heavy (non-hydrogen) atoms. The Morgan fingerprint density at radius 3 is 2.61 bits per heavy atom. The van der Waals surface area contributed by atoms with E-state index in [-0.39, 0.29) is 0 Å². The Hall–Kier alpha value is -1.81. The Kier molecular flexibility index (Phi) is 5.01. The average molecular weight is 314 g/mol. The van der Waals surface area contributed by atoms with Crippen molar-refractivity contribution in [1.82, 2.24) is 9.88 Å². The van der Waals surface area contributed by atoms with Crippen molar-refractivity contribution in [3.63, 3.8) is 0 Å². The quantitative estimate of drug-likeness (QED) is 0.837. The van der Waals surface area contributed by atoms with Crippen LogP contribution in [0.15, 0.2) is 28.7 Å². The summed E-state index contributed by atoms with van der Waals surface area (Å²) in [4.78, 5) is 7.08. The summed E-state index contributed by atoms with van der Waals surface area (Å²) in [6, 6.07) is 8.91. The molecule has 0 aliphatic carbocycles. The molecule has 4 nitrogen and oxygen atoms in total. The van der Waals surface area contributed by atoms with Crippen LogP contribution in [0.5, 0.6) is 5.75 Å². The number of rotatable bonds is 4. The summed E-state index contributed by atoms with van der Waals surface area (Å²) < 4.78 is 11.1. The van der Waals surface area contributed by atoms with Gasteiger partial charge in [0.25, 0.3) is 0 Å². The van der Waals surface area contributed by atoms with Crippen molar-refractivity contribution >= 4 is 0 Å². The maximum atomic E-state index is 5.81. The molecule has 0 radical (unpaired) electrons. The van der Waals surface area contributed by atoms with Crippen LogP contribution in [0.1, 0.15) is 54.6 Å². The predicted molar refractivity (Wildman–Crippen MR) is 90.6 cm³/mol. The highest BCUT2D eigenvalue weighted by Crippen LogP contribution is 2.32. The van der Waals surface area contributed by atoms with E-state index in [2.05, 4.69) is 34.1 Å². The minimum Gasteiger partial charge on any atom is -0.497 e. The van der Waals surface area contributed by atoms with E-state index in [1.807, 2.05) is 13.8 Å². The van der Waals surface area contributed by atoms with E-state index >= 15 is 0 Å². The summed E-state index contributed by atoms with van der Waals surface area (Å²) >= 11 is 0. The van der Waals surface area contributed by atoms with Crippen LogP contribution in [0, 0.1) is 13.8 Å². The number of oxazole rings is 1. The fourth-order valence-electron chi connectivity index (χ4n) is 3.34. The molecule has 0 bridgehead atoms. The molecule has 1 aromatic carbocycles. The summed E-state index contributed by atoms with van der Waals surface area (Å²) in [6.07, 6.45) is 5.00. The number of nitrogens with zero attached hydrogens (tertiary/aromatic N) is 2. The van der Waals surface area contributed by atoms with Crippen LogP contribution in [0.25, 0.3) is 0 Å². The minimum atomic E-state index is 0.427. The zero-order valence-electron chi connectivity index (χ0n) is 14.3. The van der Waals surface area contributed by atoms with E-state index < -0.39 is 0 Å². The molecule has 0 saturated carbocycles. The van der Waals surface area contributed by atoms with Gasteiger partial charge in [-0.25, -0.2) is 4.98 Å². The number of hydrogen-bond donors (Lipinski definition) is 0. The SMILES string of the molecule is COc1ccc([C@H]2CCCCCN2Cc2nc(C)c(C)o2)cc1. The number of hydrogen-bond acceptors (Lipinski definition) is 4. The molecule has 1 aliphatic rings. The van der Waals surface area contributed by atoms with Gasteiger partial charge in [-0.3, -0.25) is 4.90 Å². The molecule has 124 valence electrons. The van der Waals surface area contributed by atoms with Crippen LogP contribution in [0.4, 0.5) is 0 Å². The Bertz CT molecular complexity index is 614. The number of ether oxygens (including phenoxy) is 1. The molecule has 1 saturated heterocycles. The lowest BCUT2D eigenvalue weighted by Gasteiger charge is -2.29. The summed E-state index contributed by atoms with van der Waals surface area (Å²) in [5.74, 6) is 2.67. The highest BCUT2D eigenvalue weighted by atomic mass is 16.5. The van der Waals surface area contributed by atoms with E-state index in [4.69, 9.17) is 9.15 Å². The minimum absolute atomic E-state index is 0.427. The lowest BCUT2D eigenvalue weighted by Crippen LogP contribution is -2.28. The summed E-state index contributed by atoms with van der Waals surface area (Å²) in [5, 5.41) is 0. The third-order valence-electron chi connectivity index (χ3n) is 4.78. The number of likely N-dealkylation sites (tertiary alicyclic amines) is 1. The molecule has 0 N–H and O–H groups in total. The van der Waals surface area contributed by atoms with Crippen LogP contribution in [0.3, 0.4) is 0 Å². The highest BCUT2D eigenvalue weighted by Gasteiger charge is 2.24. The number of aryl methyl sites for hydroxylation is 2. The summed E-state index contributed by atoms with van der Waals surface area (Å²) in [7, 11) is 1.71. The van der Waals surface area contributed by atoms with Gasteiger partial charge in [0.15, 0.2) is 0 Å². The van der Waals surface area contributed by atoms with Gasteiger partial charge in [-0.2, -0.15) is 0 Å². The Balaban J connectivity index is 1.81. The zero-order valence-corrected chi connectivity index (χ0v) is 14.3. The molecular formula is C19H26N2O2. The van der Waals surface area contributed by atoms with Crippen molar-refractivity contribution in [1.29, 1.82) is 0 Å². The number of methoxy groups -OCH3 is 1. The highest BCUT2D eigenvalue weighted by molar-refractivity contribution is 5.29. The van der Waals surface area contributed by atoms with Crippen molar-refractivity contribution < 1.29 is 9.15 Å². The second-order valence-electron chi connectivity index (χ2n) is 6.36. The molecule has 1 aromatic heterocycles. The van der Waals surface area contributed by atoms with Gasteiger partial charge >= 0.3 is 0 Å².